The highest BCUT2D eigenvalue weighted by molar-refractivity contribution is 6.07. The Kier molecular flexibility index (Phi) is 10.0. The standard InChI is InChI=1S/C40H40N4O5/c1-28(10-9-17-38(47)43(22-23-45)26-29-11-3-2-4-12-29)40(49)34-14-6-8-16-36(34)44(39(40)48)27-30-18-20-32(21-19-30)42-37(46)24-31-25-41-35-15-7-5-13-33(31)35/h2-16,18-21,25,28,41,45,49H,17,22-24,26-27H2,1H3,(H,42,46)/b10-9+/t28-,40+/m1/s1. The number of hydrogen-bond donors (Lipinski definition) is 4. The second kappa shape index (κ2) is 14.7. The molecule has 9 nitrogen and oxygen atoms in total. The van der Waals surface area contributed by atoms with Gasteiger partial charge in [0, 0.05) is 53.8 Å². The van der Waals surface area contributed by atoms with E-state index in [2.05, 4.69) is 10.3 Å². The van der Waals surface area contributed by atoms with Crippen molar-refractivity contribution < 1.29 is 24.6 Å². The summed E-state index contributed by atoms with van der Waals surface area (Å²) in [5.41, 5.74) is 3.67. The monoisotopic (exact) mass is 656 g/mol. The minimum Gasteiger partial charge on any atom is -0.395 e. The van der Waals surface area contributed by atoms with Gasteiger partial charge in [0.1, 0.15) is 0 Å². The average molecular weight is 657 g/mol. The van der Waals surface area contributed by atoms with Gasteiger partial charge in [0.2, 0.25) is 11.8 Å². The predicted octanol–water partition coefficient (Wildman–Crippen LogP) is 5.69. The summed E-state index contributed by atoms with van der Waals surface area (Å²) < 4.78 is 0. The molecule has 0 aliphatic carbocycles. The van der Waals surface area contributed by atoms with Gasteiger partial charge in [-0.15, -0.1) is 0 Å². The number of rotatable bonds is 13. The third-order valence-corrected chi connectivity index (χ3v) is 9.10. The molecule has 0 spiro atoms. The number of aliphatic hydroxyl groups excluding tert-OH is 1. The molecule has 9 heteroatoms. The Hall–Kier alpha value is -5.51. The molecule has 0 fully saturated rings. The zero-order chi connectivity index (χ0) is 34.4. The van der Waals surface area contributed by atoms with E-state index in [1.165, 1.54) is 0 Å². The summed E-state index contributed by atoms with van der Waals surface area (Å²) in [7, 11) is 0. The molecule has 1 aliphatic rings. The maximum Gasteiger partial charge on any atom is 0.264 e. The van der Waals surface area contributed by atoms with Crippen LogP contribution >= 0.6 is 0 Å². The van der Waals surface area contributed by atoms with Crippen molar-refractivity contribution >= 4 is 40.0 Å². The molecule has 2 heterocycles. The maximum absolute atomic E-state index is 14.0. The number of para-hydroxylation sites is 2. The lowest BCUT2D eigenvalue weighted by molar-refractivity contribution is -0.139. The third kappa shape index (κ3) is 7.18. The fraction of sp³-hybridized carbons (Fsp3) is 0.225. The van der Waals surface area contributed by atoms with Crippen LogP contribution in [-0.2, 0) is 39.5 Å². The summed E-state index contributed by atoms with van der Waals surface area (Å²) >= 11 is 0. The highest BCUT2D eigenvalue weighted by Crippen LogP contribution is 2.45. The van der Waals surface area contributed by atoms with Gasteiger partial charge in [-0.3, -0.25) is 14.4 Å². The second-order valence-corrected chi connectivity index (χ2v) is 12.4. The van der Waals surface area contributed by atoms with Crippen molar-refractivity contribution in [2.75, 3.05) is 23.4 Å². The molecule has 250 valence electrons. The molecular weight excluding hydrogens is 616 g/mol. The largest absolute Gasteiger partial charge is 0.395 e. The molecule has 4 aromatic carbocycles. The number of aromatic nitrogens is 1. The Balaban J connectivity index is 1.10. The molecule has 0 saturated heterocycles. The lowest BCUT2D eigenvalue weighted by Crippen LogP contribution is -2.44. The van der Waals surface area contributed by atoms with Crippen molar-refractivity contribution in [2.24, 2.45) is 5.92 Å². The number of carbonyl (C=O) groups is 3. The first-order valence-electron chi connectivity index (χ1n) is 16.4. The van der Waals surface area contributed by atoms with Crippen LogP contribution in [0.15, 0.2) is 121 Å². The highest BCUT2D eigenvalue weighted by atomic mass is 16.3. The number of aromatic amines is 1. The number of fused-ring (bicyclic) bond motifs is 2. The molecule has 5 aromatic rings. The number of H-pyrrole nitrogens is 1. The molecule has 1 aromatic heterocycles. The molecule has 49 heavy (non-hydrogen) atoms. The number of anilines is 2. The van der Waals surface area contributed by atoms with E-state index in [4.69, 9.17) is 0 Å². The molecule has 2 atom stereocenters. The number of benzene rings is 4. The van der Waals surface area contributed by atoms with Crippen LogP contribution in [0.25, 0.3) is 10.9 Å². The average Bonchev–Trinajstić information content (AvgIpc) is 3.62. The quantitative estimate of drug-likeness (QED) is 0.121. The molecular formula is C40H40N4O5. The summed E-state index contributed by atoms with van der Waals surface area (Å²) in [6.45, 7) is 2.43. The van der Waals surface area contributed by atoms with Crippen LogP contribution in [0.1, 0.15) is 35.6 Å². The summed E-state index contributed by atoms with van der Waals surface area (Å²) in [5, 5.41) is 25.5. The van der Waals surface area contributed by atoms with Crippen LogP contribution in [-0.4, -0.2) is 51.0 Å². The Labute approximate surface area is 285 Å². The van der Waals surface area contributed by atoms with Crippen LogP contribution in [0.2, 0.25) is 0 Å². The number of nitrogens with zero attached hydrogens (tertiary/aromatic N) is 2. The SMILES string of the molecule is C[C@H](/C=C/CC(=O)N(CCO)Cc1ccccc1)[C@@]1(O)C(=O)N(Cc2ccc(NC(=O)Cc3c[nH]c4ccccc34)cc2)c2ccccc21. The van der Waals surface area contributed by atoms with Gasteiger partial charge in [0.15, 0.2) is 5.60 Å². The molecule has 6 rings (SSSR count). The smallest absolute Gasteiger partial charge is 0.264 e. The van der Waals surface area contributed by atoms with Crippen molar-refractivity contribution in [1.82, 2.24) is 9.88 Å². The lowest BCUT2D eigenvalue weighted by Gasteiger charge is -2.28. The summed E-state index contributed by atoms with van der Waals surface area (Å²) in [4.78, 5) is 46.2. The van der Waals surface area contributed by atoms with Crippen molar-refractivity contribution in [1.29, 1.82) is 0 Å². The van der Waals surface area contributed by atoms with Crippen molar-refractivity contribution in [3.8, 4) is 0 Å². The van der Waals surface area contributed by atoms with Gasteiger partial charge in [-0.05, 0) is 41.0 Å². The Bertz CT molecular complexity index is 1970. The van der Waals surface area contributed by atoms with E-state index in [1.54, 1.807) is 53.1 Å². The van der Waals surface area contributed by atoms with Crippen LogP contribution < -0.4 is 10.2 Å². The predicted molar refractivity (Wildman–Crippen MR) is 190 cm³/mol. The van der Waals surface area contributed by atoms with E-state index >= 15 is 0 Å². The van der Waals surface area contributed by atoms with Crippen LogP contribution in [0.4, 0.5) is 11.4 Å². The van der Waals surface area contributed by atoms with E-state index in [0.29, 0.717) is 23.5 Å². The van der Waals surface area contributed by atoms with E-state index in [0.717, 1.165) is 27.6 Å². The molecule has 0 unspecified atom stereocenters. The van der Waals surface area contributed by atoms with Gasteiger partial charge >= 0.3 is 0 Å². The number of aliphatic hydroxyl groups is 2. The van der Waals surface area contributed by atoms with E-state index in [1.807, 2.05) is 85.1 Å². The number of hydrogen-bond acceptors (Lipinski definition) is 5. The van der Waals surface area contributed by atoms with Gasteiger partial charge in [0.05, 0.1) is 25.3 Å². The molecule has 1 aliphatic heterocycles. The molecule has 0 radical (unpaired) electrons. The topological polar surface area (TPSA) is 126 Å². The summed E-state index contributed by atoms with van der Waals surface area (Å²) in [6.07, 6.45) is 5.56. The van der Waals surface area contributed by atoms with Gasteiger partial charge in [0.25, 0.3) is 5.91 Å². The van der Waals surface area contributed by atoms with Gasteiger partial charge < -0.3 is 30.3 Å². The van der Waals surface area contributed by atoms with Gasteiger partial charge in [-0.2, -0.15) is 0 Å². The molecule has 0 bridgehead atoms. The molecule has 4 N–H and O–H groups in total. The number of carbonyl (C=O) groups excluding carboxylic acids is 3. The van der Waals surface area contributed by atoms with E-state index in [9.17, 15) is 24.6 Å². The fourth-order valence-corrected chi connectivity index (χ4v) is 6.45. The first-order chi connectivity index (χ1) is 23.8. The fourth-order valence-electron chi connectivity index (χ4n) is 6.45. The summed E-state index contributed by atoms with van der Waals surface area (Å²) in [6, 6.07) is 32.0. The van der Waals surface area contributed by atoms with Crippen molar-refractivity contribution in [3.05, 3.63) is 144 Å². The number of amides is 3. The number of nitrogens with one attached hydrogen (secondary N) is 2. The normalized spacial score (nSPS) is 16.2. The molecule has 3 amide bonds. The first kappa shape index (κ1) is 33.4. The summed E-state index contributed by atoms with van der Waals surface area (Å²) in [5.74, 6) is -1.37. The zero-order valence-corrected chi connectivity index (χ0v) is 27.4. The van der Waals surface area contributed by atoms with Crippen LogP contribution in [0.3, 0.4) is 0 Å². The zero-order valence-electron chi connectivity index (χ0n) is 27.4. The van der Waals surface area contributed by atoms with Crippen LogP contribution in [0, 0.1) is 5.92 Å². The lowest BCUT2D eigenvalue weighted by atomic mass is 9.83. The highest BCUT2D eigenvalue weighted by Gasteiger charge is 2.52. The Morgan fingerprint density at radius 1 is 0.939 bits per heavy atom. The van der Waals surface area contributed by atoms with Crippen LogP contribution in [0.5, 0.6) is 0 Å². The van der Waals surface area contributed by atoms with E-state index < -0.39 is 17.4 Å². The van der Waals surface area contributed by atoms with Crippen molar-refractivity contribution in [3.63, 3.8) is 0 Å². The maximum atomic E-state index is 14.0. The van der Waals surface area contributed by atoms with Gasteiger partial charge in [-0.25, -0.2) is 0 Å². The van der Waals surface area contributed by atoms with Gasteiger partial charge in [-0.1, -0.05) is 97.9 Å². The molecule has 0 saturated carbocycles. The third-order valence-electron chi connectivity index (χ3n) is 9.10. The van der Waals surface area contributed by atoms with E-state index in [-0.39, 0.29) is 44.4 Å². The minimum atomic E-state index is -1.82. The Morgan fingerprint density at radius 3 is 2.43 bits per heavy atom. The minimum absolute atomic E-state index is 0.0669. The first-order valence-corrected chi connectivity index (χ1v) is 16.4. The second-order valence-electron chi connectivity index (χ2n) is 12.4. The Morgan fingerprint density at radius 2 is 1.65 bits per heavy atom. The van der Waals surface area contributed by atoms with Crippen molar-refractivity contribution in [2.45, 2.75) is 38.5 Å².